The number of esters is 1. The van der Waals surface area contributed by atoms with Gasteiger partial charge in [0.05, 0.1) is 36.5 Å². The largest absolute Gasteiger partial charge is 0.456 e. The summed E-state index contributed by atoms with van der Waals surface area (Å²) in [6.45, 7) is 13.3. The second-order valence-corrected chi connectivity index (χ2v) is 18.6. The highest BCUT2D eigenvalue weighted by molar-refractivity contribution is 7.98. The Morgan fingerprint density at radius 2 is 1.65 bits per heavy atom. The SMILES string of the molecule is C=CCC1/C=C(\C)CC(C)CC(OC)C2OC(O)(C(=O)C(=O)N3CCCCC3C(=O)OC(C(C)=CC3CCC(OCSC)C(OC)C3)C(C)C(O)CC1=O)C(C)CC2OC. The van der Waals surface area contributed by atoms with Gasteiger partial charge in [-0.1, -0.05) is 44.6 Å². The molecule has 13 nitrogen and oxygen atoms in total. The zero-order chi connectivity index (χ0) is 44.3. The number of amides is 1. The molecule has 14 unspecified atom stereocenters. The summed E-state index contributed by atoms with van der Waals surface area (Å²) in [4.78, 5) is 58.2. The van der Waals surface area contributed by atoms with Crippen molar-refractivity contribution >= 4 is 35.2 Å². The fourth-order valence-corrected chi connectivity index (χ4v) is 10.1. The van der Waals surface area contributed by atoms with Crippen molar-refractivity contribution in [1.29, 1.82) is 0 Å². The van der Waals surface area contributed by atoms with Crippen molar-refractivity contribution in [3.05, 3.63) is 36.0 Å². The van der Waals surface area contributed by atoms with Gasteiger partial charge in [0, 0.05) is 52.0 Å². The first kappa shape index (κ1) is 50.2. The van der Waals surface area contributed by atoms with Crippen LogP contribution in [0, 0.1) is 29.6 Å². The Labute approximate surface area is 362 Å². The second-order valence-electron chi connectivity index (χ2n) is 17.8. The van der Waals surface area contributed by atoms with Crippen LogP contribution in [-0.2, 0) is 47.6 Å². The van der Waals surface area contributed by atoms with Crippen LogP contribution >= 0.6 is 11.8 Å². The van der Waals surface area contributed by atoms with E-state index in [1.807, 2.05) is 33.1 Å². The number of methoxy groups -OCH3 is 3. The third-order valence-electron chi connectivity index (χ3n) is 13.2. The first-order valence-corrected chi connectivity index (χ1v) is 23.2. The molecule has 2 saturated heterocycles. The van der Waals surface area contributed by atoms with Crippen LogP contribution in [0.2, 0.25) is 0 Å². The fraction of sp³-hybridized carbons (Fsp3) is 0.783. The number of allylic oxidation sites excluding steroid dienone is 4. The van der Waals surface area contributed by atoms with E-state index in [1.165, 1.54) is 19.1 Å². The normalized spacial score (nSPS) is 39.5. The van der Waals surface area contributed by atoms with Crippen molar-refractivity contribution in [2.75, 3.05) is 40.1 Å². The van der Waals surface area contributed by atoms with Crippen LogP contribution in [0.5, 0.6) is 0 Å². The van der Waals surface area contributed by atoms with Gasteiger partial charge in [0.1, 0.15) is 24.0 Å². The lowest BCUT2D eigenvalue weighted by Crippen LogP contribution is -2.64. The molecule has 1 aliphatic carbocycles. The first-order chi connectivity index (χ1) is 28.5. The second kappa shape index (κ2) is 23.3. The number of aliphatic hydroxyl groups is 2. The maximum Gasteiger partial charge on any atom is 0.329 e. The molecule has 14 heteroatoms. The van der Waals surface area contributed by atoms with Crippen LogP contribution in [0.25, 0.3) is 0 Å². The van der Waals surface area contributed by atoms with Crippen LogP contribution in [0.15, 0.2) is 36.0 Å². The van der Waals surface area contributed by atoms with Gasteiger partial charge >= 0.3 is 5.97 Å². The van der Waals surface area contributed by atoms with E-state index in [9.17, 15) is 29.4 Å². The Balaban J connectivity index is 1.76. The van der Waals surface area contributed by atoms with Crippen LogP contribution in [-0.4, -0.2) is 133 Å². The minimum absolute atomic E-state index is 0.0150. The molecule has 0 aromatic carbocycles. The smallest absolute Gasteiger partial charge is 0.329 e. The highest BCUT2D eigenvalue weighted by atomic mass is 32.2. The number of carbonyl (C=O) groups is 4. The third-order valence-corrected chi connectivity index (χ3v) is 13.6. The number of hydrogen-bond donors (Lipinski definition) is 2. The molecule has 3 aliphatic heterocycles. The molecule has 4 rings (SSSR count). The Morgan fingerprint density at radius 1 is 0.967 bits per heavy atom. The molecular formula is C46H73NO12S. The van der Waals surface area contributed by atoms with Crippen LogP contribution < -0.4 is 0 Å². The molecule has 14 atom stereocenters. The number of nitrogens with zero attached hydrogens (tertiary/aromatic N) is 1. The van der Waals surface area contributed by atoms with Crippen molar-refractivity contribution in [2.24, 2.45) is 29.6 Å². The Kier molecular flexibility index (Phi) is 19.5. The third kappa shape index (κ3) is 12.4. The molecule has 0 spiro atoms. The van der Waals surface area contributed by atoms with E-state index in [2.05, 4.69) is 12.7 Å². The molecule has 60 heavy (non-hydrogen) atoms. The number of fused-ring (bicyclic) bond motifs is 3. The standard InChI is InChI=1S/C46H73NO12S/c1-11-14-33-20-27(2)19-28(3)21-39(55-8)42-40(56-9)23-30(5)46(53,59-42)43(50)44(51)47-18-13-12-15-34(47)45(52)58-41(31(6)35(48)25-36(33)49)29(4)22-32-16-17-37(57-26-60-10)38(24-32)54-7/h11,20,22,28,30-35,37-42,48,53H,1,12-19,21,23-26H2,2-10H3/b27-20+,29-22?. The Bertz CT molecular complexity index is 1540. The number of ketones is 2. The molecule has 2 N–H and O–H groups in total. The van der Waals surface area contributed by atoms with Gasteiger partial charge < -0.3 is 43.5 Å². The van der Waals surface area contributed by atoms with E-state index in [0.717, 1.165) is 18.4 Å². The first-order valence-electron chi connectivity index (χ1n) is 21.8. The van der Waals surface area contributed by atoms with Gasteiger partial charge in [-0.15, -0.1) is 18.3 Å². The molecular weight excluding hydrogens is 791 g/mol. The quantitative estimate of drug-likeness (QED) is 0.114. The zero-order valence-corrected chi connectivity index (χ0v) is 38.3. The van der Waals surface area contributed by atoms with Gasteiger partial charge in [0.25, 0.3) is 11.7 Å². The lowest BCUT2D eigenvalue weighted by Gasteiger charge is -2.47. The summed E-state index contributed by atoms with van der Waals surface area (Å²) in [5.41, 5.74) is 1.67. The minimum Gasteiger partial charge on any atom is -0.456 e. The molecule has 3 fully saturated rings. The van der Waals surface area contributed by atoms with E-state index >= 15 is 0 Å². The van der Waals surface area contributed by atoms with E-state index in [-0.39, 0.29) is 55.6 Å². The highest BCUT2D eigenvalue weighted by Gasteiger charge is 2.56. The number of cyclic esters (lactones) is 1. The molecule has 0 aromatic rings. The number of Topliss-reactive ketones (excluding diaryl/α,β-unsaturated/α-hetero) is 2. The number of piperidine rings is 1. The van der Waals surface area contributed by atoms with Gasteiger partial charge in [-0.05, 0) is 102 Å². The highest BCUT2D eigenvalue weighted by Crippen LogP contribution is 2.39. The van der Waals surface area contributed by atoms with E-state index < -0.39 is 77.8 Å². The van der Waals surface area contributed by atoms with Crippen molar-refractivity contribution in [3.8, 4) is 0 Å². The van der Waals surface area contributed by atoms with Gasteiger partial charge in [-0.3, -0.25) is 14.4 Å². The van der Waals surface area contributed by atoms with Crippen molar-refractivity contribution in [3.63, 3.8) is 0 Å². The van der Waals surface area contributed by atoms with E-state index in [1.54, 1.807) is 38.8 Å². The minimum atomic E-state index is -2.50. The van der Waals surface area contributed by atoms with Crippen molar-refractivity contribution in [1.82, 2.24) is 4.90 Å². The Hall–Kier alpha value is -2.43. The molecule has 340 valence electrons. The summed E-state index contributed by atoms with van der Waals surface area (Å²) in [7, 11) is 4.74. The Morgan fingerprint density at radius 3 is 2.30 bits per heavy atom. The molecule has 3 heterocycles. The summed E-state index contributed by atoms with van der Waals surface area (Å²) in [6, 6.07) is -1.13. The summed E-state index contributed by atoms with van der Waals surface area (Å²) in [5, 5.41) is 23.9. The molecule has 0 radical (unpaired) electrons. The fourth-order valence-electron chi connectivity index (χ4n) is 9.75. The van der Waals surface area contributed by atoms with Gasteiger partial charge in [-0.2, -0.15) is 0 Å². The lowest BCUT2D eigenvalue weighted by molar-refractivity contribution is -0.302. The molecule has 0 aromatic heterocycles. The van der Waals surface area contributed by atoms with Crippen molar-refractivity contribution < 1.29 is 57.8 Å². The number of thioether (sulfide) groups is 1. The number of aliphatic hydroxyl groups excluding tert-OH is 1. The van der Waals surface area contributed by atoms with Gasteiger partial charge in [-0.25, -0.2) is 4.79 Å². The average molecular weight is 864 g/mol. The van der Waals surface area contributed by atoms with Gasteiger partial charge in [0.2, 0.25) is 5.79 Å². The van der Waals surface area contributed by atoms with Gasteiger partial charge in [0.15, 0.2) is 0 Å². The predicted octanol–water partition coefficient (Wildman–Crippen LogP) is 5.98. The topological polar surface area (TPSA) is 167 Å². The van der Waals surface area contributed by atoms with Crippen molar-refractivity contribution in [2.45, 2.75) is 160 Å². The maximum absolute atomic E-state index is 14.4. The summed E-state index contributed by atoms with van der Waals surface area (Å²) < 4.78 is 36.2. The summed E-state index contributed by atoms with van der Waals surface area (Å²) in [6.07, 6.45) is 8.47. The summed E-state index contributed by atoms with van der Waals surface area (Å²) in [5.74, 6) is -7.01. The number of hydrogen-bond acceptors (Lipinski definition) is 13. The molecule has 2 bridgehead atoms. The number of rotatable bonds is 10. The molecule has 1 saturated carbocycles. The van der Waals surface area contributed by atoms with Crippen LogP contribution in [0.3, 0.4) is 0 Å². The zero-order valence-electron chi connectivity index (χ0n) is 37.5. The van der Waals surface area contributed by atoms with Crippen LogP contribution in [0.1, 0.15) is 105 Å². The summed E-state index contributed by atoms with van der Waals surface area (Å²) >= 11 is 1.61. The number of carbonyl (C=O) groups excluding carboxylic acids is 4. The molecule has 4 aliphatic rings. The van der Waals surface area contributed by atoms with Crippen LogP contribution in [0.4, 0.5) is 0 Å². The average Bonchev–Trinajstić information content (AvgIpc) is 3.23. The number of ether oxygens (including phenoxy) is 6. The molecule has 1 amide bonds. The van der Waals surface area contributed by atoms with E-state index in [4.69, 9.17) is 28.4 Å². The lowest BCUT2D eigenvalue weighted by atomic mass is 9.81. The monoisotopic (exact) mass is 863 g/mol. The van der Waals surface area contributed by atoms with E-state index in [0.29, 0.717) is 50.0 Å². The predicted molar refractivity (Wildman–Crippen MR) is 230 cm³/mol. The maximum atomic E-state index is 14.4.